The maximum absolute atomic E-state index is 12.1. The number of ether oxygens (including phenoxy) is 1. The summed E-state index contributed by atoms with van der Waals surface area (Å²) in [4.78, 5) is 17.2. The van der Waals surface area contributed by atoms with Crippen LogP contribution in [-0.4, -0.2) is 79.8 Å². The minimum absolute atomic E-state index is 0.0203. The summed E-state index contributed by atoms with van der Waals surface area (Å²) in [6.45, 7) is 11.3. The molecule has 1 aliphatic rings. The smallest absolute Gasteiger partial charge is 0.253 e. The molecule has 1 amide bonds. The van der Waals surface area contributed by atoms with Gasteiger partial charge in [0.2, 0.25) is 0 Å². The number of para-hydroxylation sites is 1. The van der Waals surface area contributed by atoms with E-state index >= 15 is 0 Å². The average Bonchev–Trinajstić information content (AvgIpc) is 3.08. The molecule has 6 nitrogen and oxygen atoms in total. The maximum atomic E-state index is 12.1. The van der Waals surface area contributed by atoms with E-state index in [0.717, 1.165) is 81.9 Å². The summed E-state index contributed by atoms with van der Waals surface area (Å²) in [5.74, 6) is -0.0203. The molecule has 1 aromatic carbocycles. The second-order valence-corrected chi connectivity index (χ2v) is 7.07. The molecule has 2 heterocycles. The van der Waals surface area contributed by atoms with E-state index < -0.39 is 0 Å². The Morgan fingerprint density at radius 3 is 2.48 bits per heavy atom. The van der Waals surface area contributed by atoms with Crippen LogP contribution in [0.2, 0.25) is 0 Å². The molecule has 0 unspecified atom stereocenters. The number of aromatic nitrogens is 1. The topological polar surface area (TPSA) is 49.7 Å². The third kappa shape index (κ3) is 5.09. The number of benzene rings is 1. The summed E-state index contributed by atoms with van der Waals surface area (Å²) in [5.41, 5.74) is 1.90. The first-order chi connectivity index (χ1) is 13.2. The average molecular weight is 373 g/mol. The minimum Gasteiger partial charge on any atom is -0.380 e. The summed E-state index contributed by atoms with van der Waals surface area (Å²) >= 11 is 0. The molecule has 6 heteroatoms. The first-order valence-corrected chi connectivity index (χ1v) is 10.1. The van der Waals surface area contributed by atoms with Crippen LogP contribution in [0.15, 0.2) is 30.5 Å². The highest BCUT2D eigenvalue weighted by molar-refractivity contribution is 6.06. The standard InChI is InChI=1S/C21H32N4O2/c1-3-27-16-15-24-13-11-23(12-14-24)9-6-10-25-17-19(21(26)22-2)18-7-4-5-8-20(18)25/h4-5,7-8,17H,3,6,9-16H2,1-2H3,(H,22,26). The van der Waals surface area contributed by atoms with E-state index in [9.17, 15) is 4.79 Å². The molecule has 1 aliphatic heterocycles. The Kier molecular flexibility index (Phi) is 7.26. The number of aryl methyl sites for hydroxylation is 1. The Labute approximate surface area is 162 Å². The maximum Gasteiger partial charge on any atom is 0.253 e. The third-order valence-electron chi connectivity index (χ3n) is 5.35. The molecule has 0 bridgehead atoms. The van der Waals surface area contributed by atoms with Crippen molar-refractivity contribution in [2.24, 2.45) is 0 Å². The van der Waals surface area contributed by atoms with Gasteiger partial charge in [0.1, 0.15) is 0 Å². The van der Waals surface area contributed by atoms with Crippen LogP contribution in [0.4, 0.5) is 0 Å². The van der Waals surface area contributed by atoms with Gasteiger partial charge in [0, 0.05) is 70.0 Å². The Balaban J connectivity index is 1.49. The Morgan fingerprint density at radius 1 is 1.07 bits per heavy atom. The van der Waals surface area contributed by atoms with Gasteiger partial charge in [0.15, 0.2) is 0 Å². The number of amides is 1. The van der Waals surface area contributed by atoms with Crippen molar-refractivity contribution in [2.75, 3.05) is 59.5 Å². The lowest BCUT2D eigenvalue weighted by Crippen LogP contribution is -2.47. The van der Waals surface area contributed by atoms with Gasteiger partial charge in [-0.3, -0.25) is 9.69 Å². The number of hydrogen-bond acceptors (Lipinski definition) is 4. The molecule has 1 saturated heterocycles. The number of carbonyl (C=O) groups excluding carboxylic acids is 1. The van der Waals surface area contributed by atoms with E-state index in [4.69, 9.17) is 4.74 Å². The predicted octanol–water partition coefficient (Wildman–Crippen LogP) is 2.05. The van der Waals surface area contributed by atoms with Gasteiger partial charge >= 0.3 is 0 Å². The van der Waals surface area contributed by atoms with Crippen LogP contribution in [0.25, 0.3) is 10.9 Å². The van der Waals surface area contributed by atoms with E-state index in [2.05, 4.69) is 25.8 Å². The Bertz CT molecular complexity index is 735. The molecule has 27 heavy (non-hydrogen) atoms. The van der Waals surface area contributed by atoms with Crippen LogP contribution in [0.3, 0.4) is 0 Å². The van der Waals surface area contributed by atoms with E-state index in [1.807, 2.05) is 31.3 Å². The zero-order valence-corrected chi connectivity index (χ0v) is 16.6. The molecule has 0 spiro atoms. The monoisotopic (exact) mass is 372 g/mol. The number of carbonyl (C=O) groups is 1. The highest BCUT2D eigenvalue weighted by Crippen LogP contribution is 2.21. The molecule has 1 N–H and O–H groups in total. The first-order valence-electron chi connectivity index (χ1n) is 10.1. The van der Waals surface area contributed by atoms with Crippen molar-refractivity contribution < 1.29 is 9.53 Å². The quantitative estimate of drug-likeness (QED) is 0.685. The largest absolute Gasteiger partial charge is 0.380 e. The van der Waals surface area contributed by atoms with Crippen molar-refractivity contribution in [1.82, 2.24) is 19.7 Å². The predicted molar refractivity (Wildman–Crippen MR) is 109 cm³/mol. The molecule has 148 valence electrons. The molecule has 0 saturated carbocycles. The van der Waals surface area contributed by atoms with Crippen molar-refractivity contribution in [1.29, 1.82) is 0 Å². The van der Waals surface area contributed by atoms with Crippen LogP contribution >= 0.6 is 0 Å². The SMILES string of the molecule is CCOCCN1CCN(CCCn2cc(C(=O)NC)c3ccccc32)CC1. The summed E-state index contributed by atoms with van der Waals surface area (Å²) < 4.78 is 7.67. The van der Waals surface area contributed by atoms with Crippen LogP contribution in [0.5, 0.6) is 0 Å². The number of nitrogens with one attached hydrogen (secondary N) is 1. The van der Waals surface area contributed by atoms with Gasteiger partial charge in [0.05, 0.1) is 12.2 Å². The van der Waals surface area contributed by atoms with Gasteiger partial charge in [-0.25, -0.2) is 0 Å². The number of nitrogens with zero attached hydrogens (tertiary/aromatic N) is 3. The first kappa shape index (κ1) is 19.9. The van der Waals surface area contributed by atoms with Crippen LogP contribution in [0.1, 0.15) is 23.7 Å². The zero-order chi connectivity index (χ0) is 19.1. The van der Waals surface area contributed by atoms with Crippen LogP contribution in [0, 0.1) is 0 Å². The summed E-state index contributed by atoms with van der Waals surface area (Å²) in [6, 6.07) is 8.15. The molecular weight excluding hydrogens is 340 g/mol. The molecule has 1 fully saturated rings. The van der Waals surface area contributed by atoms with Crippen molar-refractivity contribution in [3.8, 4) is 0 Å². The van der Waals surface area contributed by atoms with Gasteiger partial charge in [0.25, 0.3) is 5.91 Å². The van der Waals surface area contributed by atoms with Crippen LogP contribution < -0.4 is 5.32 Å². The zero-order valence-electron chi connectivity index (χ0n) is 16.6. The number of fused-ring (bicyclic) bond motifs is 1. The van der Waals surface area contributed by atoms with Gasteiger partial charge < -0.3 is 19.5 Å². The highest BCUT2D eigenvalue weighted by Gasteiger charge is 2.17. The minimum atomic E-state index is -0.0203. The normalized spacial score (nSPS) is 16.1. The molecule has 0 aliphatic carbocycles. The number of hydrogen-bond donors (Lipinski definition) is 1. The van der Waals surface area contributed by atoms with Crippen molar-refractivity contribution in [2.45, 2.75) is 19.9 Å². The molecule has 3 rings (SSSR count). The van der Waals surface area contributed by atoms with E-state index in [0.29, 0.717) is 0 Å². The fraction of sp³-hybridized carbons (Fsp3) is 0.571. The lowest BCUT2D eigenvalue weighted by atomic mass is 10.1. The summed E-state index contributed by atoms with van der Waals surface area (Å²) in [7, 11) is 1.68. The molecule has 0 radical (unpaired) electrons. The van der Waals surface area contributed by atoms with Crippen LogP contribution in [-0.2, 0) is 11.3 Å². The third-order valence-corrected chi connectivity index (χ3v) is 5.35. The van der Waals surface area contributed by atoms with Crippen molar-refractivity contribution >= 4 is 16.8 Å². The lowest BCUT2D eigenvalue weighted by molar-refractivity contribution is 0.0802. The Hall–Kier alpha value is -1.89. The van der Waals surface area contributed by atoms with Crippen molar-refractivity contribution in [3.63, 3.8) is 0 Å². The lowest BCUT2D eigenvalue weighted by Gasteiger charge is -2.34. The van der Waals surface area contributed by atoms with E-state index in [1.165, 1.54) is 0 Å². The molecule has 1 aromatic heterocycles. The van der Waals surface area contributed by atoms with Crippen molar-refractivity contribution in [3.05, 3.63) is 36.0 Å². The van der Waals surface area contributed by atoms with Gasteiger partial charge in [-0.2, -0.15) is 0 Å². The van der Waals surface area contributed by atoms with Gasteiger partial charge in [-0.15, -0.1) is 0 Å². The molecule has 2 aromatic rings. The van der Waals surface area contributed by atoms with Gasteiger partial charge in [-0.05, 0) is 26.0 Å². The second kappa shape index (κ2) is 9.88. The Morgan fingerprint density at radius 2 is 1.78 bits per heavy atom. The van der Waals surface area contributed by atoms with E-state index in [1.54, 1.807) is 7.05 Å². The summed E-state index contributed by atoms with van der Waals surface area (Å²) in [5, 5.41) is 3.77. The van der Waals surface area contributed by atoms with Gasteiger partial charge in [-0.1, -0.05) is 18.2 Å². The highest BCUT2D eigenvalue weighted by atomic mass is 16.5. The second-order valence-electron chi connectivity index (χ2n) is 7.07. The molecular formula is C21H32N4O2. The fourth-order valence-electron chi connectivity index (χ4n) is 3.79. The fourth-order valence-corrected chi connectivity index (χ4v) is 3.79. The number of rotatable bonds is 9. The number of piperazine rings is 1. The molecule has 0 atom stereocenters. The summed E-state index contributed by atoms with van der Waals surface area (Å²) in [6.07, 6.45) is 3.08. The van der Waals surface area contributed by atoms with E-state index in [-0.39, 0.29) is 5.91 Å².